The lowest BCUT2D eigenvalue weighted by Crippen LogP contribution is -2.55. The Labute approximate surface area is 112 Å². The van der Waals surface area contributed by atoms with Gasteiger partial charge in [-0.25, -0.2) is 0 Å². The van der Waals surface area contributed by atoms with Crippen molar-refractivity contribution in [2.75, 3.05) is 0 Å². The lowest BCUT2D eigenvalue weighted by molar-refractivity contribution is -0.137. The molecule has 106 valence electrons. The second kappa shape index (κ2) is 4.82. The summed E-state index contributed by atoms with van der Waals surface area (Å²) in [6.07, 6.45) is -1.46. The number of benzene rings is 1. The van der Waals surface area contributed by atoms with Crippen molar-refractivity contribution in [2.45, 2.75) is 51.2 Å². The SMILES string of the molecule is CCC1(CC)C(N)CC1c1ccc(C(F)(F)F)cc1. The van der Waals surface area contributed by atoms with Crippen LogP contribution >= 0.6 is 0 Å². The molecular weight excluding hydrogens is 251 g/mol. The summed E-state index contributed by atoms with van der Waals surface area (Å²) >= 11 is 0. The lowest BCUT2D eigenvalue weighted by atomic mass is 9.52. The van der Waals surface area contributed by atoms with E-state index in [1.165, 1.54) is 12.1 Å². The van der Waals surface area contributed by atoms with Crippen molar-refractivity contribution in [2.24, 2.45) is 11.1 Å². The van der Waals surface area contributed by atoms with Crippen molar-refractivity contribution in [3.63, 3.8) is 0 Å². The van der Waals surface area contributed by atoms with Gasteiger partial charge in [0.25, 0.3) is 0 Å². The Hall–Kier alpha value is -1.03. The molecule has 0 radical (unpaired) electrons. The van der Waals surface area contributed by atoms with Gasteiger partial charge in [-0.15, -0.1) is 0 Å². The van der Waals surface area contributed by atoms with Gasteiger partial charge in [-0.2, -0.15) is 13.2 Å². The average molecular weight is 271 g/mol. The maximum atomic E-state index is 12.5. The largest absolute Gasteiger partial charge is 0.416 e. The topological polar surface area (TPSA) is 26.0 Å². The summed E-state index contributed by atoms with van der Waals surface area (Å²) in [7, 11) is 0. The highest BCUT2D eigenvalue weighted by Gasteiger charge is 2.51. The molecule has 2 unspecified atom stereocenters. The van der Waals surface area contributed by atoms with Crippen LogP contribution in [0, 0.1) is 5.41 Å². The van der Waals surface area contributed by atoms with Gasteiger partial charge in [-0.1, -0.05) is 26.0 Å². The van der Waals surface area contributed by atoms with E-state index in [0.29, 0.717) is 5.92 Å². The first-order valence-electron chi connectivity index (χ1n) is 6.78. The van der Waals surface area contributed by atoms with Gasteiger partial charge >= 0.3 is 6.18 Å². The maximum absolute atomic E-state index is 12.5. The molecule has 0 heterocycles. The van der Waals surface area contributed by atoms with Crippen molar-refractivity contribution in [1.82, 2.24) is 0 Å². The molecule has 0 saturated heterocycles. The van der Waals surface area contributed by atoms with Gasteiger partial charge in [-0.05, 0) is 48.3 Å². The fraction of sp³-hybridized carbons (Fsp3) is 0.600. The van der Waals surface area contributed by atoms with E-state index in [4.69, 9.17) is 5.73 Å². The Morgan fingerprint density at radius 1 is 1.16 bits per heavy atom. The Morgan fingerprint density at radius 3 is 2.05 bits per heavy atom. The molecule has 2 rings (SSSR count). The van der Waals surface area contributed by atoms with E-state index in [1.807, 2.05) is 0 Å². The molecule has 2 N–H and O–H groups in total. The molecule has 0 bridgehead atoms. The van der Waals surface area contributed by atoms with Crippen LogP contribution in [0.25, 0.3) is 0 Å². The Morgan fingerprint density at radius 2 is 1.68 bits per heavy atom. The molecule has 4 heteroatoms. The summed E-state index contributed by atoms with van der Waals surface area (Å²) in [6, 6.07) is 5.73. The number of nitrogens with two attached hydrogens (primary N) is 1. The predicted octanol–water partition coefficient (Wildman–Crippen LogP) is 4.33. The third-order valence-corrected chi connectivity index (χ3v) is 4.88. The molecule has 0 aromatic heterocycles. The van der Waals surface area contributed by atoms with Crippen LogP contribution in [0.1, 0.15) is 50.2 Å². The first-order valence-corrected chi connectivity index (χ1v) is 6.78. The third kappa shape index (κ3) is 2.27. The molecule has 1 aliphatic carbocycles. The fourth-order valence-corrected chi connectivity index (χ4v) is 3.46. The molecule has 0 aliphatic heterocycles. The minimum Gasteiger partial charge on any atom is -0.327 e. The standard InChI is InChI=1S/C15H20F3N/c1-3-14(4-2)12(9-13(14)19)10-5-7-11(8-6-10)15(16,17)18/h5-8,12-13H,3-4,9,19H2,1-2H3. The van der Waals surface area contributed by atoms with Gasteiger partial charge in [0.1, 0.15) is 0 Å². The zero-order chi connectivity index (χ0) is 14.3. The van der Waals surface area contributed by atoms with Crippen molar-refractivity contribution in [1.29, 1.82) is 0 Å². The Balaban J connectivity index is 2.24. The summed E-state index contributed by atoms with van der Waals surface area (Å²) in [4.78, 5) is 0. The van der Waals surface area contributed by atoms with Gasteiger partial charge in [0.05, 0.1) is 5.56 Å². The summed E-state index contributed by atoms with van der Waals surface area (Å²) < 4.78 is 37.6. The second-order valence-corrected chi connectivity index (χ2v) is 5.45. The van der Waals surface area contributed by atoms with Crippen molar-refractivity contribution in [3.05, 3.63) is 35.4 Å². The molecule has 0 amide bonds. The van der Waals surface area contributed by atoms with Crippen LogP contribution in [0.15, 0.2) is 24.3 Å². The van der Waals surface area contributed by atoms with Crippen LogP contribution < -0.4 is 5.73 Å². The van der Waals surface area contributed by atoms with Crippen molar-refractivity contribution < 1.29 is 13.2 Å². The Bertz CT molecular complexity index is 432. The van der Waals surface area contributed by atoms with Gasteiger partial charge < -0.3 is 5.73 Å². The van der Waals surface area contributed by atoms with E-state index in [-0.39, 0.29) is 11.5 Å². The van der Waals surface area contributed by atoms with Crippen LogP contribution in [-0.4, -0.2) is 6.04 Å². The monoisotopic (exact) mass is 271 g/mol. The predicted molar refractivity (Wildman–Crippen MR) is 69.8 cm³/mol. The molecule has 1 fully saturated rings. The van der Waals surface area contributed by atoms with Crippen LogP contribution in [0.5, 0.6) is 0 Å². The number of halogens is 3. The molecule has 2 atom stereocenters. The Kier molecular flexibility index (Phi) is 3.65. The van der Waals surface area contributed by atoms with Crippen LogP contribution in [-0.2, 0) is 6.18 Å². The van der Waals surface area contributed by atoms with Gasteiger partial charge in [-0.3, -0.25) is 0 Å². The quantitative estimate of drug-likeness (QED) is 0.870. The highest BCUT2D eigenvalue weighted by Crippen LogP contribution is 2.56. The van der Waals surface area contributed by atoms with E-state index in [1.54, 1.807) is 12.1 Å². The minimum atomic E-state index is -4.26. The van der Waals surface area contributed by atoms with Crippen LogP contribution in [0.2, 0.25) is 0 Å². The van der Waals surface area contributed by atoms with Crippen LogP contribution in [0.3, 0.4) is 0 Å². The normalized spacial score (nSPS) is 26.0. The number of rotatable bonds is 3. The maximum Gasteiger partial charge on any atom is 0.416 e. The van der Waals surface area contributed by atoms with Crippen molar-refractivity contribution in [3.8, 4) is 0 Å². The number of alkyl halides is 3. The molecule has 0 spiro atoms. The highest BCUT2D eigenvalue weighted by atomic mass is 19.4. The molecule has 19 heavy (non-hydrogen) atoms. The minimum absolute atomic E-state index is 0.0553. The molecule has 1 aliphatic rings. The van der Waals surface area contributed by atoms with Crippen LogP contribution in [0.4, 0.5) is 13.2 Å². The van der Waals surface area contributed by atoms with Gasteiger partial charge in [0.2, 0.25) is 0 Å². The van der Waals surface area contributed by atoms with E-state index < -0.39 is 11.7 Å². The second-order valence-electron chi connectivity index (χ2n) is 5.45. The fourth-order valence-electron chi connectivity index (χ4n) is 3.46. The molecule has 1 saturated carbocycles. The first-order chi connectivity index (χ1) is 8.85. The lowest BCUT2D eigenvalue weighted by Gasteiger charge is -2.55. The number of hydrogen-bond acceptors (Lipinski definition) is 1. The zero-order valence-electron chi connectivity index (χ0n) is 11.3. The first kappa shape index (κ1) is 14.4. The summed E-state index contributed by atoms with van der Waals surface area (Å²) in [5, 5.41) is 0. The number of hydrogen-bond donors (Lipinski definition) is 1. The smallest absolute Gasteiger partial charge is 0.327 e. The molecule has 1 nitrogen and oxygen atoms in total. The molecular formula is C15H20F3N. The van der Waals surface area contributed by atoms with E-state index >= 15 is 0 Å². The van der Waals surface area contributed by atoms with Gasteiger partial charge in [0, 0.05) is 6.04 Å². The summed E-state index contributed by atoms with van der Waals surface area (Å²) in [5.74, 6) is 0.291. The van der Waals surface area contributed by atoms with Gasteiger partial charge in [0.15, 0.2) is 0 Å². The third-order valence-electron chi connectivity index (χ3n) is 4.88. The summed E-state index contributed by atoms with van der Waals surface area (Å²) in [6.45, 7) is 4.22. The van der Waals surface area contributed by atoms with E-state index in [2.05, 4.69) is 13.8 Å². The average Bonchev–Trinajstić information content (AvgIpc) is 2.37. The summed E-state index contributed by atoms with van der Waals surface area (Å²) in [5.41, 5.74) is 6.58. The molecule has 1 aromatic carbocycles. The molecule has 1 aromatic rings. The van der Waals surface area contributed by atoms with E-state index in [9.17, 15) is 13.2 Å². The zero-order valence-corrected chi connectivity index (χ0v) is 11.3. The van der Waals surface area contributed by atoms with E-state index in [0.717, 1.165) is 24.8 Å². The highest BCUT2D eigenvalue weighted by molar-refractivity contribution is 5.32. The van der Waals surface area contributed by atoms with Crippen molar-refractivity contribution >= 4 is 0 Å².